The fourth-order valence-corrected chi connectivity index (χ4v) is 1.91. The van der Waals surface area contributed by atoms with Crippen molar-refractivity contribution in [3.05, 3.63) is 23.8 Å². The van der Waals surface area contributed by atoms with Gasteiger partial charge in [0.2, 0.25) is 10.0 Å². The van der Waals surface area contributed by atoms with Gasteiger partial charge in [-0.3, -0.25) is 4.72 Å². The molecule has 0 atom stereocenters. The van der Waals surface area contributed by atoms with Gasteiger partial charge in [-0.05, 0) is 31.5 Å². The lowest BCUT2D eigenvalue weighted by Gasteiger charge is -2.12. The highest BCUT2D eigenvalue weighted by atomic mass is 35.5. The smallest absolute Gasteiger partial charge is 0.246 e. The Morgan fingerprint density at radius 1 is 1.44 bits per heavy atom. The predicted molar refractivity (Wildman–Crippen MR) is 65.6 cm³/mol. The molecule has 0 bridgehead atoms. The molecule has 0 saturated carbocycles. The molecule has 0 radical (unpaired) electrons. The van der Waals surface area contributed by atoms with E-state index in [0.717, 1.165) is 5.56 Å². The minimum atomic E-state index is -3.49. The predicted octanol–water partition coefficient (Wildman–Crippen LogP) is 2.33. The van der Waals surface area contributed by atoms with Crippen LogP contribution >= 0.6 is 11.6 Å². The highest BCUT2D eigenvalue weighted by molar-refractivity contribution is 7.93. The Morgan fingerprint density at radius 3 is 2.69 bits per heavy atom. The van der Waals surface area contributed by atoms with E-state index in [1.165, 1.54) is 0 Å². The van der Waals surface area contributed by atoms with Gasteiger partial charge in [0.05, 0.1) is 12.3 Å². The molecule has 1 aromatic rings. The lowest BCUT2D eigenvalue weighted by Crippen LogP contribution is -2.14. The van der Waals surface area contributed by atoms with Crippen LogP contribution < -0.4 is 9.46 Å². The van der Waals surface area contributed by atoms with Crippen molar-refractivity contribution in [2.75, 3.05) is 16.5 Å². The van der Waals surface area contributed by atoms with Crippen molar-refractivity contribution in [3.8, 4) is 5.75 Å². The first-order valence-electron chi connectivity index (χ1n) is 4.78. The molecule has 1 N–H and O–H groups in total. The van der Waals surface area contributed by atoms with Crippen molar-refractivity contribution in [1.29, 1.82) is 0 Å². The van der Waals surface area contributed by atoms with Gasteiger partial charge in [0.1, 0.15) is 11.0 Å². The van der Waals surface area contributed by atoms with Crippen LogP contribution in [0.3, 0.4) is 0 Å². The number of aryl methyl sites for hydroxylation is 1. The first-order chi connectivity index (χ1) is 7.48. The topological polar surface area (TPSA) is 55.4 Å². The van der Waals surface area contributed by atoms with E-state index in [-0.39, 0.29) is 0 Å². The van der Waals surface area contributed by atoms with Crippen LogP contribution in [0.4, 0.5) is 5.69 Å². The maximum atomic E-state index is 11.3. The van der Waals surface area contributed by atoms with E-state index >= 15 is 0 Å². The number of nitrogens with one attached hydrogen (secondary N) is 1. The van der Waals surface area contributed by atoms with Gasteiger partial charge in [0.15, 0.2) is 0 Å². The standard InChI is InChI=1S/C10H14ClNO3S/c1-3-15-10-6-8(2)4-5-9(10)12-16(13,14)7-11/h4-6,12H,3,7H2,1-2H3. The summed E-state index contributed by atoms with van der Waals surface area (Å²) in [5.41, 5.74) is 1.41. The summed E-state index contributed by atoms with van der Waals surface area (Å²) in [4.78, 5) is 0. The summed E-state index contributed by atoms with van der Waals surface area (Å²) in [6, 6.07) is 5.23. The average Bonchev–Trinajstić information content (AvgIpc) is 2.22. The number of hydrogen-bond donors (Lipinski definition) is 1. The van der Waals surface area contributed by atoms with Crippen LogP contribution in [0.15, 0.2) is 18.2 Å². The molecule has 0 unspecified atom stereocenters. The molecular weight excluding hydrogens is 250 g/mol. The molecule has 0 aromatic heterocycles. The highest BCUT2D eigenvalue weighted by Crippen LogP contribution is 2.26. The van der Waals surface area contributed by atoms with Crippen LogP contribution in [0.5, 0.6) is 5.75 Å². The van der Waals surface area contributed by atoms with Gasteiger partial charge in [-0.25, -0.2) is 8.42 Å². The monoisotopic (exact) mass is 263 g/mol. The molecule has 0 amide bonds. The number of ether oxygens (including phenoxy) is 1. The van der Waals surface area contributed by atoms with E-state index in [4.69, 9.17) is 16.3 Å². The maximum Gasteiger partial charge on any atom is 0.246 e. The molecule has 4 nitrogen and oxygen atoms in total. The zero-order chi connectivity index (χ0) is 12.2. The third-order valence-corrected chi connectivity index (χ3v) is 3.53. The summed E-state index contributed by atoms with van der Waals surface area (Å²) in [7, 11) is -3.49. The zero-order valence-corrected chi connectivity index (χ0v) is 10.7. The molecule has 0 saturated heterocycles. The van der Waals surface area contributed by atoms with Gasteiger partial charge >= 0.3 is 0 Å². The van der Waals surface area contributed by atoms with Gasteiger partial charge in [-0.1, -0.05) is 6.07 Å². The maximum absolute atomic E-state index is 11.3. The number of halogens is 1. The third-order valence-electron chi connectivity index (χ3n) is 1.85. The Hall–Kier alpha value is -0.940. The van der Waals surface area contributed by atoms with Crippen LogP contribution in [0, 0.1) is 6.92 Å². The second kappa shape index (κ2) is 5.41. The molecule has 0 aliphatic heterocycles. The number of hydrogen-bond acceptors (Lipinski definition) is 3. The molecular formula is C10H14ClNO3S. The molecule has 0 fully saturated rings. The van der Waals surface area contributed by atoms with E-state index in [1.54, 1.807) is 18.2 Å². The number of alkyl halides is 1. The minimum absolute atomic E-state index is 0.410. The zero-order valence-electron chi connectivity index (χ0n) is 9.16. The van der Waals surface area contributed by atoms with Crippen LogP contribution in [0.2, 0.25) is 0 Å². The number of benzene rings is 1. The Balaban J connectivity index is 3.03. The van der Waals surface area contributed by atoms with E-state index in [0.29, 0.717) is 18.0 Å². The largest absolute Gasteiger partial charge is 0.492 e. The summed E-state index contributed by atoms with van der Waals surface area (Å²) >= 11 is 5.31. The first-order valence-corrected chi connectivity index (χ1v) is 6.97. The number of sulfonamides is 1. The van der Waals surface area contributed by atoms with E-state index in [9.17, 15) is 8.42 Å². The summed E-state index contributed by atoms with van der Waals surface area (Å²) in [5.74, 6) is 0.510. The Morgan fingerprint density at radius 2 is 2.12 bits per heavy atom. The minimum Gasteiger partial charge on any atom is -0.492 e. The van der Waals surface area contributed by atoms with Crippen LogP contribution in [0.25, 0.3) is 0 Å². The van der Waals surface area contributed by atoms with Crippen LogP contribution in [0.1, 0.15) is 12.5 Å². The normalized spacial score (nSPS) is 11.2. The number of anilines is 1. The van der Waals surface area contributed by atoms with Crippen molar-refractivity contribution < 1.29 is 13.2 Å². The summed E-state index contributed by atoms with van der Waals surface area (Å²) in [6.07, 6.45) is 0. The van der Waals surface area contributed by atoms with Crippen molar-refractivity contribution in [2.45, 2.75) is 13.8 Å². The average molecular weight is 264 g/mol. The molecule has 0 heterocycles. The van der Waals surface area contributed by atoms with Gasteiger partial charge in [0, 0.05) is 0 Å². The van der Waals surface area contributed by atoms with Gasteiger partial charge in [-0.2, -0.15) is 0 Å². The van der Waals surface area contributed by atoms with Crippen molar-refractivity contribution in [3.63, 3.8) is 0 Å². The Bertz CT molecular complexity index is 459. The highest BCUT2D eigenvalue weighted by Gasteiger charge is 2.12. The fourth-order valence-electron chi connectivity index (χ4n) is 1.18. The van der Waals surface area contributed by atoms with E-state index in [1.807, 2.05) is 13.8 Å². The molecule has 0 aliphatic rings. The summed E-state index contributed by atoms with van der Waals surface area (Å²) in [6.45, 7) is 4.21. The molecule has 1 rings (SSSR count). The molecule has 1 aromatic carbocycles. The molecule has 6 heteroatoms. The second-order valence-corrected chi connectivity index (χ2v) is 5.57. The fraction of sp³-hybridized carbons (Fsp3) is 0.400. The SMILES string of the molecule is CCOc1cc(C)ccc1NS(=O)(=O)CCl. The van der Waals surface area contributed by atoms with Gasteiger partial charge < -0.3 is 4.74 Å². The lowest BCUT2D eigenvalue weighted by molar-refractivity contribution is 0.342. The Kier molecular flexibility index (Phi) is 4.44. The van der Waals surface area contributed by atoms with E-state index < -0.39 is 15.2 Å². The first kappa shape index (κ1) is 13.1. The molecule has 0 spiro atoms. The van der Waals surface area contributed by atoms with E-state index in [2.05, 4.69) is 4.72 Å². The van der Waals surface area contributed by atoms with Crippen molar-refractivity contribution in [1.82, 2.24) is 0 Å². The van der Waals surface area contributed by atoms with Crippen LogP contribution in [-0.4, -0.2) is 20.2 Å². The van der Waals surface area contributed by atoms with Crippen molar-refractivity contribution in [2.24, 2.45) is 0 Å². The summed E-state index contributed by atoms with van der Waals surface area (Å²) in [5, 5.41) is -0.480. The molecule has 16 heavy (non-hydrogen) atoms. The van der Waals surface area contributed by atoms with Crippen molar-refractivity contribution >= 4 is 27.3 Å². The van der Waals surface area contributed by atoms with Crippen LogP contribution in [-0.2, 0) is 10.0 Å². The van der Waals surface area contributed by atoms with Gasteiger partial charge in [0.25, 0.3) is 0 Å². The summed E-state index contributed by atoms with van der Waals surface area (Å²) < 4.78 is 30.3. The second-order valence-electron chi connectivity index (χ2n) is 3.26. The molecule has 90 valence electrons. The Labute approximate surface area is 101 Å². The quantitative estimate of drug-likeness (QED) is 0.830. The lowest BCUT2D eigenvalue weighted by atomic mass is 10.2. The molecule has 0 aliphatic carbocycles. The van der Waals surface area contributed by atoms with Gasteiger partial charge in [-0.15, -0.1) is 11.6 Å². The third kappa shape index (κ3) is 3.57. The number of rotatable bonds is 5.